The average molecular weight is 346 g/mol. The molecular weight excluding hydrogens is 323 g/mol. The topological polar surface area (TPSA) is 59.6 Å². The molecule has 25 heavy (non-hydrogen) atoms. The predicted octanol–water partition coefficient (Wildman–Crippen LogP) is 4.12. The largest absolute Gasteiger partial charge is 0.492 e. The molecule has 2 rings (SSSR count). The monoisotopic (exact) mass is 346 g/mol. The second kappa shape index (κ2) is 8.92. The van der Waals surface area contributed by atoms with Crippen LogP contribution in [0.3, 0.4) is 0 Å². The Kier molecular flexibility index (Phi) is 6.62. The zero-order valence-electron chi connectivity index (χ0n) is 14.6. The highest BCUT2D eigenvalue weighted by Gasteiger charge is 2.08. The van der Waals surface area contributed by atoms with E-state index in [1.165, 1.54) is 12.1 Å². The fourth-order valence-electron chi connectivity index (χ4n) is 2.15. The van der Waals surface area contributed by atoms with Crippen molar-refractivity contribution in [3.05, 3.63) is 53.8 Å². The minimum Gasteiger partial charge on any atom is -0.492 e. The molecule has 0 aliphatic rings. The van der Waals surface area contributed by atoms with Crippen LogP contribution in [0, 0.1) is 12.7 Å². The van der Waals surface area contributed by atoms with Crippen molar-refractivity contribution in [2.24, 2.45) is 0 Å². The van der Waals surface area contributed by atoms with Crippen molar-refractivity contribution in [3.8, 4) is 11.5 Å². The molecule has 0 fully saturated rings. The molecule has 0 radical (unpaired) electrons. The number of hydrogen-bond acceptors (Lipinski definition) is 3. The minimum atomic E-state index is -0.552. The quantitative estimate of drug-likeness (QED) is 0.742. The Bertz CT molecular complexity index is 720. The first kappa shape index (κ1) is 18.6. The summed E-state index contributed by atoms with van der Waals surface area (Å²) in [6.45, 7) is 6.31. The van der Waals surface area contributed by atoms with Crippen molar-refractivity contribution in [3.63, 3.8) is 0 Å². The molecule has 0 aliphatic heterocycles. The average Bonchev–Trinajstić information content (AvgIpc) is 2.54. The van der Waals surface area contributed by atoms with E-state index >= 15 is 0 Å². The summed E-state index contributed by atoms with van der Waals surface area (Å²) in [7, 11) is 0. The van der Waals surface area contributed by atoms with Gasteiger partial charge in [0.2, 0.25) is 0 Å². The number of carbonyl (C=O) groups is 1. The number of ether oxygens (including phenoxy) is 2. The third kappa shape index (κ3) is 6.33. The normalized spacial score (nSPS) is 10.4. The van der Waals surface area contributed by atoms with Gasteiger partial charge in [0.05, 0.1) is 18.3 Å². The van der Waals surface area contributed by atoms with Crippen LogP contribution in [0.15, 0.2) is 42.5 Å². The van der Waals surface area contributed by atoms with Gasteiger partial charge in [0, 0.05) is 6.07 Å². The third-order valence-electron chi connectivity index (χ3n) is 3.21. The third-order valence-corrected chi connectivity index (χ3v) is 3.21. The van der Waals surface area contributed by atoms with E-state index in [1.807, 2.05) is 45.0 Å². The maximum atomic E-state index is 14.0. The molecule has 2 N–H and O–H groups in total. The number of urea groups is 1. The first-order chi connectivity index (χ1) is 11.9. The first-order valence-corrected chi connectivity index (χ1v) is 8.14. The summed E-state index contributed by atoms with van der Waals surface area (Å²) >= 11 is 0. The molecule has 0 saturated carbocycles. The number of anilines is 1. The summed E-state index contributed by atoms with van der Waals surface area (Å²) in [6.07, 6.45) is -0.0464. The lowest BCUT2D eigenvalue weighted by Gasteiger charge is -2.12. The summed E-state index contributed by atoms with van der Waals surface area (Å²) in [5, 5.41) is 5.08. The van der Waals surface area contributed by atoms with Crippen LogP contribution in [0.25, 0.3) is 0 Å². The van der Waals surface area contributed by atoms with Crippen LogP contribution in [0.4, 0.5) is 14.9 Å². The van der Waals surface area contributed by atoms with Crippen molar-refractivity contribution in [1.82, 2.24) is 5.32 Å². The van der Waals surface area contributed by atoms with E-state index in [0.717, 1.165) is 11.3 Å². The molecule has 2 aromatic carbocycles. The molecule has 0 aliphatic carbocycles. The van der Waals surface area contributed by atoms with Crippen molar-refractivity contribution in [2.45, 2.75) is 26.9 Å². The van der Waals surface area contributed by atoms with Gasteiger partial charge in [0.1, 0.15) is 23.9 Å². The van der Waals surface area contributed by atoms with Gasteiger partial charge in [-0.2, -0.15) is 0 Å². The number of amides is 2. The Balaban J connectivity index is 1.76. The van der Waals surface area contributed by atoms with Crippen molar-refractivity contribution in [2.75, 3.05) is 18.5 Å². The number of hydrogen-bond donors (Lipinski definition) is 2. The van der Waals surface area contributed by atoms with Gasteiger partial charge in [-0.25, -0.2) is 9.18 Å². The molecule has 2 amide bonds. The van der Waals surface area contributed by atoms with E-state index in [9.17, 15) is 9.18 Å². The number of rotatable bonds is 7. The molecule has 5 nitrogen and oxygen atoms in total. The van der Waals surface area contributed by atoms with E-state index in [-0.39, 0.29) is 11.8 Å². The summed E-state index contributed by atoms with van der Waals surface area (Å²) in [5.41, 5.74) is 1.19. The van der Waals surface area contributed by atoms with Crippen LogP contribution in [-0.2, 0) is 0 Å². The van der Waals surface area contributed by atoms with Gasteiger partial charge in [-0.05, 0) is 50.6 Å². The Morgan fingerprint density at radius 3 is 2.64 bits per heavy atom. The zero-order chi connectivity index (χ0) is 18.2. The molecule has 0 saturated heterocycles. The molecule has 6 heteroatoms. The number of nitrogens with one attached hydrogen (secondary N) is 2. The molecule has 0 spiro atoms. The Hall–Kier alpha value is -2.76. The van der Waals surface area contributed by atoms with Crippen LogP contribution in [0.5, 0.6) is 11.5 Å². The lowest BCUT2D eigenvalue weighted by atomic mass is 10.2. The molecule has 134 valence electrons. The standard InChI is InChI=1S/C19H23FN2O3/c1-13(2)25-16-7-8-18(17(20)12-16)22-19(23)21-9-10-24-15-6-4-5-14(3)11-15/h4-8,11-13H,9-10H2,1-3H3,(H2,21,22,23). The van der Waals surface area contributed by atoms with Crippen LogP contribution in [-0.4, -0.2) is 25.3 Å². The molecule has 0 heterocycles. The zero-order valence-corrected chi connectivity index (χ0v) is 14.6. The molecule has 0 unspecified atom stereocenters. The highest BCUT2D eigenvalue weighted by Crippen LogP contribution is 2.21. The Labute approximate surface area is 147 Å². The second-order valence-corrected chi connectivity index (χ2v) is 5.85. The molecule has 2 aromatic rings. The maximum Gasteiger partial charge on any atom is 0.319 e. The Morgan fingerprint density at radius 1 is 1.16 bits per heavy atom. The maximum absolute atomic E-state index is 14.0. The van der Waals surface area contributed by atoms with E-state index in [1.54, 1.807) is 6.07 Å². The fourth-order valence-corrected chi connectivity index (χ4v) is 2.15. The van der Waals surface area contributed by atoms with Gasteiger partial charge in [0.25, 0.3) is 0 Å². The van der Waals surface area contributed by atoms with E-state index in [2.05, 4.69) is 10.6 Å². The molecule has 0 atom stereocenters. The first-order valence-electron chi connectivity index (χ1n) is 8.14. The summed E-state index contributed by atoms with van der Waals surface area (Å²) < 4.78 is 24.9. The van der Waals surface area contributed by atoms with E-state index < -0.39 is 11.8 Å². The number of carbonyl (C=O) groups excluding carboxylic acids is 1. The summed E-state index contributed by atoms with van der Waals surface area (Å²) in [4.78, 5) is 11.8. The molecule has 0 bridgehead atoms. The van der Waals surface area contributed by atoms with Gasteiger partial charge in [0.15, 0.2) is 0 Å². The Morgan fingerprint density at radius 2 is 1.96 bits per heavy atom. The van der Waals surface area contributed by atoms with Crippen molar-refractivity contribution >= 4 is 11.7 Å². The lowest BCUT2D eigenvalue weighted by molar-refractivity contribution is 0.241. The van der Waals surface area contributed by atoms with Crippen LogP contribution in [0.2, 0.25) is 0 Å². The number of benzene rings is 2. The summed E-state index contributed by atoms with van der Waals surface area (Å²) in [6, 6.07) is 11.5. The number of aryl methyl sites for hydroxylation is 1. The van der Waals surface area contributed by atoms with Crippen LogP contribution < -0.4 is 20.1 Å². The minimum absolute atomic E-state index is 0.0464. The van der Waals surface area contributed by atoms with E-state index in [0.29, 0.717) is 18.9 Å². The van der Waals surface area contributed by atoms with Crippen LogP contribution in [0.1, 0.15) is 19.4 Å². The van der Waals surface area contributed by atoms with Gasteiger partial charge in [-0.3, -0.25) is 0 Å². The van der Waals surface area contributed by atoms with Gasteiger partial charge in [-0.15, -0.1) is 0 Å². The van der Waals surface area contributed by atoms with Crippen molar-refractivity contribution < 1.29 is 18.7 Å². The van der Waals surface area contributed by atoms with Crippen molar-refractivity contribution in [1.29, 1.82) is 0 Å². The SMILES string of the molecule is Cc1cccc(OCCNC(=O)Nc2ccc(OC(C)C)cc2F)c1. The second-order valence-electron chi connectivity index (χ2n) is 5.85. The highest BCUT2D eigenvalue weighted by molar-refractivity contribution is 5.89. The summed E-state index contributed by atoms with van der Waals surface area (Å²) in [5.74, 6) is 0.614. The predicted molar refractivity (Wildman–Crippen MR) is 95.9 cm³/mol. The van der Waals surface area contributed by atoms with Gasteiger partial charge >= 0.3 is 6.03 Å². The lowest BCUT2D eigenvalue weighted by Crippen LogP contribution is -2.32. The smallest absolute Gasteiger partial charge is 0.319 e. The van der Waals surface area contributed by atoms with Gasteiger partial charge < -0.3 is 20.1 Å². The van der Waals surface area contributed by atoms with Crippen LogP contribution >= 0.6 is 0 Å². The highest BCUT2D eigenvalue weighted by atomic mass is 19.1. The van der Waals surface area contributed by atoms with E-state index in [4.69, 9.17) is 9.47 Å². The fraction of sp³-hybridized carbons (Fsp3) is 0.316. The van der Waals surface area contributed by atoms with Gasteiger partial charge in [-0.1, -0.05) is 12.1 Å². The number of halogens is 1. The molecular formula is C19H23FN2O3. The molecule has 0 aromatic heterocycles.